The number of furan rings is 1. The van der Waals surface area contributed by atoms with E-state index >= 15 is 0 Å². The normalized spacial score (nSPS) is 15.6. The molecule has 1 fully saturated rings. The summed E-state index contributed by atoms with van der Waals surface area (Å²) in [5, 5.41) is 8.15. The standard InChI is InChI=1S/C16H15N5O3/c22-16(12-10-17-5-6-18-12)21-7-3-11(4-8-21)14-19-20-15(24-14)13-2-1-9-23-13/h1-2,5-6,9-11H,3-4,7-8H2. The Morgan fingerprint density at radius 2 is 2.08 bits per heavy atom. The van der Waals surface area contributed by atoms with E-state index in [1.165, 1.54) is 12.4 Å². The van der Waals surface area contributed by atoms with Gasteiger partial charge in [-0.25, -0.2) is 4.98 Å². The molecule has 0 spiro atoms. The summed E-state index contributed by atoms with van der Waals surface area (Å²) in [6.07, 6.45) is 7.67. The average Bonchev–Trinajstić information content (AvgIpc) is 3.33. The van der Waals surface area contributed by atoms with Crippen molar-refractivity contribution in [1.82, 2.24) is 25.1 Å². The molecule has 122 valence electrons. The first-order chi connectivity index (χ1) is 11.8. The number of nitrogens with zero attached hydrogens (tertiary/aromatic N) is 5. The van der Waals surface area contributed by atoms with E-state index in [1.807, 2.05) is 0 Å². The number of rotatable bonds is 3. The summed E-state index contributed by atoms with van der Waals surface area (Å²) in [6.45, 7) is 1.25. The fourth-order valence-corrected chi connectivity index (χ4v) is 2.80. The molecule has 0 unspecified atom stereocenters. The van der Waals surface area contributed by atoms with Crippen molar-refractivity contribution in [2.24, 2.45) is 0 Å². The van der Waals surface area contributed by atoms with Gasteiger partial charge < -0.3 is 13.7 Å². The van der Waals surface area contributed by atoms with Gasteiger partial charge in [-0.1, -0.05) is 0 Å². The molecule has 0 aliphatic carbocycles. The molecular weight excluding hydrogens is 310 g/mol. The predicted octanol–water partition coefficient (Wildman–Crippen LogP) is 2.14. The molecule has 4 heterocycles. The van der Waals surface area contributed by atoms with Crippen LogP contribution in [0.15, 0.2) is 45.8 Å². The van der Waals surface area contributed by atoms with Gasteiger partial charge in [-0.05, 0) is 25.0 Å². The zero-order valence-electron chi connectivity index (χ0n) is 12.8. The van der Waals surface area contributed by atoms with Crippen molar-refractivity contribution in [3.63, 3.8) is 0 Å². The van der Waals surface area contributed by atoms with Gasteiger partial charge >= 0.3 is 0 Å². The summed E-state index contributed by atoms with van der Waals surface area (Å²) < 4.78 is 11.0. The number of carbonyl (C=O) groups excluding carboxylic acids is 1. The SMILES string of the molecule is O=C(c1cnccn1)N1CCC(c2nnc(-c3ccco3)o2)CC1. The van der Waals surface area contributed by atoms with E-state index in [2.05, 4.69) is 20.2 Å². The van der Waals surface area contributed by atoms with Gasteiger partial charge in [0.05, 0.1) is 12.5 Å². The number of amides is 1. The molecule has 0 atom stereocenters. The lowest BCUT2D eigenvalue weighted by Crippen LogP contribution is -2.38. The van der Waals surface area contributed by atoms with Crippen LogP contribution >= 0.6 is 0 Å². The van der Waals surface area contributed by atoms with E-state index in [1.54, 1.807) is 29.5 Å². The Labute approximate surface area is 137 Å². The van der Waals surface area contributed by atoms with Crippen molar-refractivity contribution < 1.29 is 13.6 Å². The van der Waals surface area contributed by atoms with E-state index in [4.69, 9.17) is 8.83 Å². The molecule has 3 aromatic heterocycles. The van der Waals surface area contributed by atoms with Crippen molar-refractivity contribution in [2.75, 3.05) is 13.1 Å². The molecule has 24 heavy (non-hydrogen) atoms. The summed E-state index contributed by atoms with van der Waals surface area (Å²) in [7, 11) is 0. The van der Waals surface area contributed by atoms with Crippen LogP contribution < -0.4 is 0 Å². The maximum Gasteiger partial charge on any atom is 0.283 e. The van der Waals surface area contributed by atoms with Crippen LogP contribution in [0.25, 0.3) is 11.7 Å². The molecule has 4 rings (SSSR count). The van der Waals surface area contributed by atoms with E-state index in [0.717, 1.165) is 12.8 Å². The van der Waals surface area contributed by atoms with Crippen LogP contribution in [0.5, 0.6) is 0 Å². The molecule has 0 saturated carbocycles. The molecule has 0 N–H and O–H groups in total. The highest BCUT2D eigenvalue weighted by molar-refractivity contribution is 5.92. The van der Waals surface area contributed by atoms with Crippen molar-refractivity contribution in [3.8, 4) is 11.7 Å². The smallest absolute Gasteiger partial charge is 0.283 e. The third-order valence-electron chi connectivity index (χ3n) is 4.09. The van der Waals surface area contributed by atoms with Crippen LogP contribution in [0, 0.1) is 0 Å². The minimum Gasteiger partial charge on any atom is -0.459 e. The first kappa shape index (κ1) is 14.6. The maximum atomic E-state index is 12.4. The quantitative estimate of drug-likeness (QED) is 0.727. The Morgan fingerprint density at radius 3 is 2.79 bits per heavy atom. The number of likely N-dealkylation sites (tertiary alicyclic amines) is 1. The Bertz CT molecular complexity index is 807. The van der Waals surface area contributed by atoms with Crippen LogP contribution in [0.1, 0.15) is 35.1 Å². The second-order valence-electron chi connectivity index (χ2n) is 5.58. The number of aromatic nitrogens is 4. The van der Waals surface area contributed by atoms with Gasteiger partial charge in [-0.15, -0.1) is 10.2 Å². The Balaban J connectivity index is 1.40. The summed E-state index contributed by atoms with van der Waals surface area (Å²) in [4.78, 5) is 22.1. The highest BCUT2D eigenvalue weighted by Crippen LogP contribution is 2.29. The second kappa shape index (κ2) is 6.23. The molecule has 1 aliphatic heterocycles. The van der Waals surface area contributed by atoms with Gasteiger partial charge in [0.1, 0.15) is 5.69 Å². The average molecular weight is 325 g/mol. The van der Waals surface area contributed by atoms with Gasteiger partial charge in [0.25, 0.3) is 11.8 Å². The van der Waals surface area contributed by atoms with E-state index in [-0.39, 0.29) is 11.8 Å². The molecular formula is C16H15N5O3. The van der Waals surface area contributed by atoms with Gasteiger partial charge in [0, 0.05) is 31.4 Å². The zero-order valence-corrected chi connectivity index (χ0v) is 12.8. The zero-order chi connectivity index (χ0) is 16.4. The Kier molecular flexibility index (Phi) is 3.78. The van der Waals surface area contributed by atoms with Crippen LogP contribution in [0.2, 0.25) is 0 Å². The minimum absolute atomic E-state index is 0.0941. The second-order valence-corrected chi connectivity index (χ2v) is 5.58. The van der Waals surface area contributed by atoms with Crippen LogP contribution in [-0.2, 0) is 0 Å². The lowest BCUT2D eigenvalue weighted by atomic mass is 9.96. The predicted molar refractivity (Wildman–Crippen MR) is 81.9 cm³/mol. The molecule has 8 heteroatoms. The lowest BCUT2D eigenvalue weighted by Gasteiger charge is -2.30. The molecule has 1 amide bonds. The third kappa shape index (κ3) is 2.78. The highest BCUT2D eigenvalue weighted by atomic mass is 16.4. The fraction of sp³-hybridized carbons (Fsp3) is 0.312. The van der Waals surface area contributed by atoms with Gasteiger partial charge in [0.2, 0.25) is 5.89 Å². The molecule has 0 aromatic carbocycles. The number of hydrogen-bond acceptors (Lipinski definition) is 7. The van der Waals surface area contributed by atoms with Crippen molar-refractivity contribution in [1.29, 1.82) is 0 Å². The van der Waals surface area contributed by atoms with Crippen LogP contribution in [0.4, 0.5) is 0 Å². The summed E-state index contributed by atoms with van der Waals surface area (Å²) in [5.41, 5.74) is 0.369. The monoisotopic (exact) mass is 325 g/mol. The van der Waals surface area contributed by atoms with Gasteiger partial charge in [0.15, 0.2) is 5.76 Å². The van der Waals surface area contributed by atoms with Crippen LogP contribution in [0.3, 0.4) is 0 Å². The number of hydrogen-bond donors (Lipinski definition) is 0. The maximum absolute atomic E-state index is 12.4. The molecule has 1 aliphatic rings. The van der Waals surface area contributed by atoms with Crippen molar-refractivity contribution in [2.45, 2.75) is 18.8 Å². The number of carbonyl (C=O) groups is 1. The largest absolute Gasteiger partial charge is 0.459 e. The fourth-order valence-electron chi connectivity index (χ4n) is 2.80. The molecule has 0 radical (unpaired) electrons. The van der Waals surface area contributed by atoms with Gasteiger partial charge in [-0.3, -0.25) is 9.78 Å². The van der Waals surface area contributed by atoms with E-state index in [9.17, 15) is 4.79 Å². The molecule has 8 nitrogen and oxygen atoms in total. The topological polar surface area (TPSA) is 98.2 Å². The Hall–Kier alpha value is -3.03. The molecule has 0 bridgehead atoms. The summed E-state index contributed by atoms with van der Waals surface area (Å²) >= 11 is 0. The minimum atomic E-state index is -0.0941. The summed E-state index contributed by atoms with van der Waals surface area (Å²) in [6, 6.07) is 3.55. The third-order valence-corrected chi connectivity index (χ3v) is 4.09. The van der Waals surface area contributed by atoms with Crippen LogP contribution in [-0.4, -0.2) is 44.1 Å². The van der Waals surface area contributed by atoms with Crippen molar-refractivity contribution >= 4 is 5.91 Å². The summed E-state index contributed by atoms with van der Waals surface area (Å²) in [5.74, 6) is 1.58. The Morgan fingerprint density at radius 1 is 1.21 bits per heavy atom. The first-order valence-electron chi connectivity index (χ1n) is 7.74. The van der Waals surface area contributed by atoms with E-state index < -0.39 is 0 Å². The lowest BCUT2D eigenvalue weighted by molar-refractivity contribution is 0.0700. The number of piperidine rings is 1. The molecule has 3 aromatic rings. The first-order valence-corrected chi connectivity index (χ1v) is 7.74. The molecule has 1 saturated heterocycles. The highest BCUT2D eigenvalue weighted by Gasteiger charge is 2.28. The van der Waals surface area contributed by atoms with Gasteiger partial charge in [-0.2, -0.15) is 0 Å². The van der Waals surface area contributed by atoms with E-state index in [0.29, 0.717) is 36.3 Å². The van der Waals surface area contributed by atoms with Crippen molar-refractivity contribution in [3.05, 3.63) is 48.6 Å².